The van der Waals surface area contributed by atoms with Crippen LogP contribution < -0.4 is 10.1 Å². The van der Waals surface area contributed by atoms with Crippen LogP contribution in [0, 0.1) is 5.92 Å². The number of pyridine rings is 1. The van der Waals surface area contributed by atoms with E-state index in [1.165, 1.54) is 19.5 Å². The van der Waals surface area contributed by atoms with Crippen molar-refractivity contribution in [3.63, 3.8) is 0 Å². The molecular weight excluding hydrogens is 338 g/mol. The Balaban J connectivity index is 1.37. The molecular formula is C19H20ClN3O2. The third-order valence-corrected chi connectivity index (χ3v) is 5.07. The largest absolute Gasteiger partial charge is 0.439 e. The molecule has 6 heteroatoms. The Bertz CT molecular complexity index is 754. The van der Waals surface area contributed by atoms with E-state index < -0.39 is 0 Å². The molecule has 0 spiro atoms. The van der Waals surface area contributed by atoms with Gasteiger partial charge in [-0.25, -0.2) is 4.98 Å². The summed E-state index contributed by atoms with van der Waals surface area (Å²) in [6.45, 7) is 3.32. The summed E-state index contributed by atoms with van der Waals surface area (Å²) in [6, 6.07) is 10.7. The topological polar surface area (TPSA) is 54.5 Å². The maximum Gasteiger partial charge on any atom is 0.251 e. The van der Waals surface area contributed by atoms with Crippen molar-refractivity contribution in [1.29, 1.82) is 0 Å². The molecule has 0 aliphatic carbocycles. The fourth-order valence-electron chi connectivity index (χ4n) is 3.67. The quantitative estimate of drug-likeness (QED) is 0.911. The van der Waals surface area contributed by atoms with Crippen LogP contribution >= 0.6 is 11.6 Å². The lowest BCUT2D eigenvalue weighted by atomic mass is 9.96. The molecule has 3 heterocycles. The molecule has 5 nitrogen and oxygen atoms in total. The zero-order chi connectivity index (χ0) is 17.2. The second-order valence-electron chi connectivity index (χ2n) is 6.76. The third kappa shape index (κ3) is 3.94. The van der Waals surface area contributed by atoms with Gasteiger partial charge in [0.15, 0.2) is 0 Å². The molecule has 2 fully saturated rings. The fraction of sp³-hybridized carbons (Fsp3) is 0.368. The maximum absolute atomic E-state index is 12.5. The highest BCUT2D eigenvalue weighted by Crippen LogP contribution is 2.27. The van der Waals surface area contributed by atoms with Crippen molar-refractivity contribution in [3.05, 3.63) is 53.2 Å². The van der Waals surface area contributed by atoms with E-state index in [0.29, 0.717) is 22.2 Å². The first-order valence-corrected chi connectivity index (χ1v) is 8.96. The van der Waals surface area contributed by atoms with Crippen LogP contribution in [0.2, 0.25) is 5.02 Å². The number of carbonyl (C=O) groups excluding carboxylic acids is 1. The molecule has 1 aromatic carbocycles. The highest BCUT2D eigenvalue weighted by Gasteiger charge is 2.32. The molecule has 3 atom stereocenters. The predicted octanol–water partition coefficient (Wildman–Crippen LogP) is 3.35. The van der Waals surface area contributed by atoms with E-state index >= 15 is 0 Å². The van der Waals surface area contributed by atoms with E-state index in [2.05, 4.69) is 15.2 Å². The molecule has 2 bridgehead atoms. The van der Waals surface area contributed by atoms with E-state index in [4.69, 9.17) is 16.3 Å². The van der Waals surface area contributed by atoms with Gasteiger partial charge in [-0.3, -0.25) is 4.79 Å². The third-order valence-electron chi connectivity index (χ3n) is 4.84. The first-order valence-electron chi connectivity index (χ1n) is 8.58. The van der Waals surface area contributed by atoms with Crippen molar-refractivity contribution in [1.82, 2.24) is 15.2 Å². The zero-order valence-corrected chi connectivity index (χ0v) is 14.6. The Labute approximate surface area is 152 Å². The summed E-state index contributed by atoms with van der Waals surface area (Å²) < 4.78 is 5.65. The van der Waals surface area contributed by atoms with Crippen LogP contribution in [-0.2, 0) is 0 Å². The average Bonchev–Trinajstić information content (AvgIpc) is 2.94. The lowest BCUT2D eigenvalue weighted by Gasteiger charge is -2.30. The SMILES string of the molecule is O=C(N[C@@H]1C[C@@H]2CCN(C2)C1)c1ccc(Oc2cc(Cl)ccn2)cc1. The van der Waals surface area contributed by atoms with E-state index in [1.807, 2.05) is 0 Å². The number of hydrogen-bond donors (Lipinski definition) is 1. The molecule has 2 saturated heterocycles. The number of hydrogen-bond acceptors (Lipinski definition) is 4. The van der Waals surface area contributed by atoms with Crippen LogP contribution in [0.4, 0.5) is 0 Å². The molecule has 25 heavy (non-hydrogen) atoms. The molecule has 130 valence electrons. The standard InChI is InChI=1S/C19H20ClN3O2/c20-15-5-7-21-18(10-15)25-17-3-1-14(2-4-17)19(24)22-16-9-13-6-8-23(11-13)12-16/h1-5,7,10,13,16H,6,8-9,11-12H2,(H,22,24)/t13-,16+/m0/s1. The summed E-state index contributed by atoms with van der Waals surface area (Å²) in [6.07, 6.45) is 3.94. The molecule has 4 rings (SSSR count). The fourth-order valence-corrected chi connectivity index (χ4v) is 3.82. The van der Waals surface area contributed by atoms with E-state index in [1.54, 1.807) is 42.6 Å². The number of piperidine rings is 1. The zero-order valence-electron chi connectivity index (χ0n) is 13.8. The molecule has 2 aliphatic rings. The summed E-state index contributed by atoms with van der Waals surface area (Å²) in [4.78, 5) is 19.0. The Kier molecular flexibility index (Phi) is 4.59. The number of aromatic nitrogens is 1. The number of ether oxygens (including phenoxy) is 1. The molecule has 1 aromatic heterocycles. The Hall–Kier alpha value is -2.11. The number of nitrogens with zero attached hydrogens (tertiary/aromatic N) is 2. The molecule has 2 aromatic rings. The predicted molar refractivity (Wildman–Crippen MR) is 96.2 cm³/mol. The van der Waals surface area contributed by atoms with Gasteiger partial charge in [0.25, 0.3) is 5.91 Å². The van der Waals surface area contributed by atoms with Crippen molar-refractivity contribution < 1.29 is 9.53 Å². The van der Waals surface area contributed by atoms with Gasteiger partial charge in [0.1, 0.15) is 5.75 Å². The summed E-state index contributed by atoms with van der Waals surface area (Å²) in [5, 5.41) is 3.73. The second-order valence-corrected chi connectivity index (χ2v) is 7.20. The number of rotatable bonds is 4. The molecule has 0 radical (unpaired) electrons. The van der Waals surface area contributed by atoms with Crippen LogP contribution in [0.1, 0.15) is 23.2 Å². The number of halogens is 1. The smallest absolute Gasteiger partial charge is 0.251 e. The molecule has 1 amide bonds. The van der Waals surface area contributed by atoms with Crippen LogP contribution in [0.5, 0.6) is 11.6 Å². The number of amides is 1. The Morgan fingerprint density at radius 3 is 2.84 bits per heavy atom. The maximum atomic E-state index is 12.5. The first-order chi connectivity index (χ1) is 12.2. The molecule has 2 aliphatic heterocycles. The average molecular weight is 358 g/mol. The van der Waals surface area contributed by atoms with Crippen LogP contribution in [0.15, 0.2) is 42.6 Å². The molecule has 1 N–H and O–H groups in total. The van der Waals surface area contributed by atoms with Gasteiger partial charge in [0.2, 0.25) is 5.88 Å². The highest BCUT2D eigenvalue weighted by molar-refractivity contribution is 6.30. The van der Waals surface area contributed by atoms with E-state index in [-0.39, 0.29) is 11.9 Å². The molecule has 0 saturated carbocycles. The van der Waals surface area contributed by atoms with Gasteiger partial charge in [-0.05, 0) is 55.6 Å². The lowest BCUT2D eigenvalue weighted by Crippen LogP contribution is -2.46. The van der Waals surface area contributed by atoms with Gasteiger partial charge in [-0.15, -0.1) is 0 Å². The summed E-state index contributed by atoms with van der Waals surface area (Å²) in [7, 11) is 0. The van der Waals surface area contributed by atoms with Crippen LogP contribution in [0.3, 0.4) is 0 Å². The summed E-state index contributed by atoms with van der Waals surface area (Å²) >= 11 is 5.92. The lowest BCUT2D eigenvalue weighted by molar-refractivity contribution is 0.0909. The summed E-state index contributed by atoms with van der Waals surface area (Å²) in [5.41, 5.74) is 0.638. The minimum Gasteiger partial charge on any atom is -0.439 e. The van der Waals surface area contributed by atoms with Gasteiger partial charge >= 0.3 is 0 Å². The molecule has 1 unspecified atom stereocenters. The monoisotopic (exact) mass is 357 g/mol. The van der Waals surface area contributed by atoms with Crippen molar-refractivity contribution in [2.24, 2.45) is 5.92 Å². The van der Waals surface area contributed by atoms with E-state index in [9.17, 15) is 4.79 Å². The van der Waals surface area contributed by atoms with Crippen molar-refractivity contribution in [3.8, 4) is 11.6 Å². The minimum atomic E-state index is -0.0278. The van der Waals surface area contributed by atoms with Crippen molar-refractivity contribution >= 4 is 17.5 Å². The number of nitrogens with one attached hydrogen (secondary N) is 1. The van der Waals surface area contributed by atoms with Crippen molar-refractivity contribution in [2.75, 3.05) is 19.6 Å². The second kappa shape index (κ2) is 7.02. The van der Waals surface area contributed by atoms with Crippen molar-refractivity contribution in [2.45, 2.75) is 18.9 Å². The van der Waals surface area contributed by atoms with E-state index in [0.717, 1.165) is 18.9 Å². The Morgan fingerprint density at radius 1 is 1.24 bits per heavy atom. The first kappa shape index (κ1) is 16.4. The van der Waals surface area contributed by atoms with Gasteiger partial charge in [-0.1, -0.05) is 11.6 Å². The normalized spacial score (nSPS) is 24.8. The van der Waals surface area contributed by atoms with Gasteiger partial charge < -0.3 is 15.0 Å². The Morgan fingerprint density at radius 2 is 2.08 bits per heavy atom. The minimum absolute atomic E-state index is 0.0278. The van der Waals surface area contributed by atoms with Crippen LogP contribution in [0.25, 0.3) is 0 Å². The van der Waals surface area contributed by atoms with Gasteiger partial charge in [0, 0.05) is 42.0 Å². The van der Waals surface area contributed by atoms with Gasteiger partial charge in [0.05, 0.1) is 0 Å². The number of benzene rings is 1. The number of fused-ring (bicyclic) bond motifs is 2. The number of carbonyl (C=O) groups is 1. The van der Waals surface area contributed by atoms with Gasteiger partial charge in [-0.2, -0.15) is 0 Å². The highest BCUT2D eigenvalue weighted by atomic mass is 35.5. The summed E-state index contributed by atoms with van der Waals surface area (Å²) in [5.74, 6) is 1.75. The van der Waals surface area contributed by atoms with Crippen LogP contribution in [-0.4, -0.2) is 41.5 Å².